The molecule has 1 aromatic carbocycles. The molecule has 0 saturated heterocycles. The quantitative estimate of drug-likeness (QED) is 0.865. The molecule has 2 rings (SSSR count). The minimum atomic E-state index is -3.25. The van der Waals surface area contributed by atoms with Crippen LogP contribution in [-0.4, -0.2) is 24.6 Å². The van der Waals surface area contributed by atoms with Crippen LogP contribution in [0.4, 0.5) is 0 Å². The molecule has 5 nitrogen and oxygen atoms in total. The highest BCUT2D eigenvalue weighted by molar-refractivity contribution is 9.10. The number of ether oxygens (including phenoxy) is 1. The van der Waals surface area contributed by atoms with Crippen molar-refractivity contribution in [3.05, 3.63) is 41.3 Å². The average molecular weight is 329 g/mol. The van der Waals surface area contributed by atoms with Crippen molar-refractivity contribution in [1.29, 1.82) is 0 Å². The Morgan fingerprint density at radius 1 is 1.22 bits per heavy atom. The van der Waals surface area contributed by atoms with Gasteiger partial charge in [0.25, 0.3) is 0 Å². The summed E-state index contributed by atoms with van der Waals surface area (Å²) < 4.78 is 28.8. The summed E-state index contributed by atoms with van der Waals surface area (Å²) in [7, 11) is -3.25. The van der Waals surface area contributed by atoms with Crippen molar-refractivity contribution >= 4 is 25.8 Å². The summed E-state index contributed by atoms with van der Waals surface area (Å²) in [6, 6.07) is 6.21. The number of aromatic nitrogens is 2. The van der Waals surface area contributed by atoms with E-state index in [2.05, 4.69) is 25.9 Å². The molecule has 0 aliphatic carbocycles. The molecule has 18 heavy (non-hydrogen) atoms. The van der Waals surface area contributed by atoms with Crippen LogP contribution in [0.3, 0.4) is 0 Å². The van der Waals surface area contributed by atoms with E-state index in [1.165, 1.54) is 24.5 Å². The van der Waals surface area contributed by atoms with Crippen LogP contribution < -0.4 is 4.74 Å². The molecule has 0 amide bonds. The molecule has 0 aliphatic heterocycles. The fraction of sp³-hybridized carbons (Fsp3) is 0.0909. The van der Waals surface area contributed by atoms with Gasteiger partial charge in [0, 0.05) is 6.26 Å². The van der Waals surface area contributed by atoms with Gasteiger partial charge in [-0.2, -0.15) is 0 Å². The molecule has 94 valence electrons. The summed E-state index contributed by atoms with van der Waals surface area (Å²) in [5.41, 5.74) is 0. The van der Waals surface area contributed by atoms with Crippen molar-refractivity contribution in [3.63, 3.8) is 0 Å². The third-order valence-electron chi connectivity index (χ3n) is 2.05. The number of halogens is 1. The Bertz CT molecular complexity index is 656. The van der Waals surface area contributed by atoms with Crippen LogP contribution in [0.2, 0.25) is 0 Å². The number of sulfone groups is 1. The fourth-order valence-corrected chi connectivity index (χ4v) is 2.10. The van der Waals surface area contributed by atoms with Crippen LogP contribution in [0.5, 0.6) is 11.6 Å². The first-order valence-corrected chi connectivity index (χ1v) is 7.59. The van der Waals surface area contributed by atoms with E-state index >= 15 is 0 Å². The summed E-state index contributed by atoms with van der Waals surface area (Å²) in [4.78, 5) is 8.14. The number of rotatable bonds is 3. The van der Waals surface area contributed by atoms with Gasteiger partial charge in [-0.15, -0.1) is 0 Å². The fourth-order valence-electron chi connectivity index (χ4n) is 1.24. The molecule has 0 radical (unpaired) electrons. The number of benzene rings is 1. The van der Waals surface area contributed by atoms with Crippen molar-refractivity contribution in [3.8, 4) is 11.6 Å². The molecule has 0 saturated carbocycles. The zero-order chi connectivity index (χ0) is 13.2. The number of hydrogen-bond donors (Lipinski definition) is 0. The van der Waals surface area contributed by atoms with Gasteiger partial charge in [0.05, 0.1) is 17.3 Å². The summed E-state index contributed by atoms with van der Waals surface area (Å²) in [5.74, 6) is 0.693. The van der Waals surface area contributed by atoms with Crippen molar-refractivity contribution in [2.24, 2.45) is 0 Å². The van der Waals surface area contributed by atoms with Gasteiger partial charge in [-0.25, -0.2) is 18.4 Å². The summed E-state index contributed by atoms with van der Waals surface area (Å²) in [5, 5.41) is 0. The Morgan fingerprint density at radius 2 is 2.00 bits per heavy atom. The van der Waals surface area contributed by atoms with Gasteiger partial charge in [-0.1, -0.05) is 6.07 Å². The topological polar surface area (TPSA) is 69.2 Å². The second-order valence-electron chi connectivity index (χ2n) is 3.53. The van der Waals surface area contributed by atoms with Gasteiger partial charge >= 0.3 is 0 Å². The molecule has 2 aromatic rings. The van der Waals surface area contributed by atoms with Gasteiger partial charge in [0.15, 0.2) is 9.84 Å². The molecule has 7 heteroatoms. The van der Waals surface area contributed by atoms with E-state index in [0.29, 0.717) is 16.2 Å². The summed E-state index contributed by atoms with van der Waals surface area (Å²) >= 11 is 3.16. The van der Waals surface area contributed by atoms with Gasteiger partial charge < -0.3 is 4.74 Å². The van der Waals surface area contributed by atoms with Crippen molar-refractivity contribution in [2.75, 3.05) is 6.26 Å². The summed E-state index contributed by atoms with van der Waals surface area (Å²) in [6.45, 7) is 0. The Labute approximate surface area is 113 Å². The number of nitrogens with zero attached hydrogens (tertiary/aromatic N) is 2. The standard InChI is InChI=1S/C11H9BrN2O3S/c1-18(15,16)9-4-2-3-8(5-9)17-11-7-13-10(12)6-14-11/h2-7H,1H3. The molecule has 0 aliphatic rings. The van der Waals surface area contributed by atoms with Crippen LogP contribution in [0.1, 0.15) is 0 Å². The molecular formula is C11H9BrN2O3S. The Morgan fingerprint density at radius 3 is 2.61 bits per heavy atom. The molecule has 1 aromatic heterocycles. The van der Waals surface area contributed by atoms with E-state index in [4.69, 9.17) is 4.74 Å². The first-order valence-electron chi connectivity index (χ1n) is 4.91. The lowest BCUT2D eigenvalue weighted by Crippen LogP contribution is -1.97. The van der Waals surface area contributed by atoms with Gasteiger partial charge in [0.1, 0.15) is 10.4 Å². The Hall–Kier alpha value is -1.47. The zero-order valence-electron chi connectivity index (χ0n) is 9.37. The minimum Gasteiger partial charge on any atom is -0.437 e. The SMILES string of the molecule is CS(=O)(=O)c1cccc(Oc2cnc(Br)cn2)c1. The molecule has 1 heterocycles. The normalized spacial score (nSPS) is 11.2. The zero-order valence-corrected chi connectivity index (χ0v) is 11.8. The van der Waals surface area contributed by atoms with Gasteiger partial charge in [-0.3, -0.25) is 0 Å². The monoisotopic (exact) mass is 328 g/mol. The lowest BCUT2D eigenvalue weighted by Gasteiger charge is -2.05. The first kappa shape index (κ1) is 13.0. The molecule has 0 fully saturated rings. The molecule has 0 spiro atoms. The van der Waals surface area contributed by atoms with Crippen molar-refractivity contribution < 1.29 is 13.2 Å². The van der Waals surface area contributed by atoms with E-state index < -0.39 is 9.84 Å². The molecule has 0 N–H and O–H groups in total. The largest absolute Gasteiger partial charge is 0.437 e. The van der Waals surface area contributed by atoms with Crippen LogP contribution in [0, 0.1) is 0 Å². The molecule has 0 bridgehead atoms. The molecular weight excluding hydrogens is 320 g/mol. The van der Waals surface area contributed by atoms with E-state index in [0.717, 1.165) is 6.26 Å². The third-order valence-corrected chi connectivity index (χ3v) is 3.57. The maximum atomic E-state index is 11.4. The minimum absolute atomic E-state index is 0.199. The maximum Gasteiger partial charge on any atom is 0.237 e. The van der Waals surface area contributed by atoms with Crippen molar-refractivity contribution in [2.45, 2.75) is 4.90 Å². The first-order chi connectivity index (χ1) is 8.45. The molecule has 0 atom stereocenters. The van der Waals surface area contributed by atoms with Gasteiger partial charge in [-0.05, 0) is 34.1 Å². The van der Waals surface area contributed by atoms with Crippen LogP contribution >= 0.6 is 15.9 Å². The average Bonchev–Trinajstić information content (AvgIpc) is 2.31. The lowest BCUT2D eigenvalue weighted by molar-refractivity contribution is 0.458. The van der Waals surface area contributed by atoms with Gasteiger partial charge in [0.2, 0.25) is 5.88 Å². The number of hydrogen-bond acceptors (Lipinski definition) is 5. The maximum absolute atomic E-state index is 11.4. The smallest absolute Gasteiger partial charge is 0.237 e. The van der Waals surface area contributed by atoms with E-state index in [1.54, 1.807) is 12.1 Å². The molecule has 0 unspecified atom stereocenters. The highest BCUT2D eigenvalue weighted by Gasteiger charge is 2.08. The van der Waals surface area contributed by atoms with Crippen LogP contribution in [0.25, 0.3) is 0 Å². The van der Waals surface area contributed by atoms with Crippen LogP contribution in [0.15, 0.2) is 46.2 Å². The highest BCUT2D eigenvalue weighted by Crippen LogP contribution is 2.22. The second kappa shape index (κ2) is 5.03. The Balaban J connectivity index is 2.27. The lowest BCUT2D eigenvalue weighted by atomic mass is 10.3. The van der Waals surface area contributed by atoms with Crippen LogP contribution in [-0.2, 0) is 9.84 Å². The third kappa shape index (κ3) is 3.27. The predicted octanol–water partition coefficient (Wildman–Crippen LogP) is 2.43. The van der Waals surface area contributed by atoms with E-state index in [1.807, 2.05) is 0 Å². The van der Waals surface area contributed by atoms with E-state index in [9.17, 15) is 8.42 Å². The van der Waals surface area contributed by atoms with Crippen molar-refractivity contribution in [1.82, 2.24) is 9.97 Å². The second-order valence-corrected chi connectivity index (χ2v) is 6.35. The van der Waals surface area contributed by atoms with E-state index in [-0.39, 0.29) is 4.90 Å². The predicted molar refractivity (Wildman–Crippen MR) is 69.4 cm³/mol. The Kier molecular flexibility index (Phi) is 3.63. The summed E-state index contributed by atoms with van der Waals surface area (Å²) in [6.07, 6.45) is 4.08. The highest BCUT2D eigenvalue weighted by atomic mass is 79.9.